The fraction of sp³-hybridized carbons (Fsp3) is 0.533. The maximum Gasteiger partial charge on any atom is 0.220 e. The number of halogens is 1. The van der Waals surface area contributed by atoms with Gasteiger partial charge in [-0.25, -0.2) is 4.39 Å². The Labute approximate surface area is 113 Å². The summed E-state index contributed by atoms with van der Waals surface area (Å²) in [6.07, 6.45) is 3.03. The van der Waals surface area contributed by atoms with E-state index in [9.17, 15) is 9.18 Å². The van der Waals surface area contributed by atoms with E-state index in [0.29, 0.717) is 18.8 Å². The zero-order valence-corrected chi connectivity index (χ0v) is 11.0. The van der Waals surface area contributed by atoms with Gasteiger partial charge in [-0.1, -0.05) is 12.1 Å². The lowest BCUT2D eigenvalue weighted by atomic mass is 10.0. The predicted octanol–water partition coefficient (Wildman–Crippen LogP) is 2.30. The molecule has 3 nitrogen and oxygen atoms in total. The van der Waals surface area contributed by atoms with Gasteiger partial charge in [0.25, 0.3) is 0 Å². The molecule has 19 heavy (non-hydrogen) atoms. The molecule has 0 bridgehead atoms. The van der Waals surface area contributed by atoms with Crippen LogP contribution in [0.3, 0.4) is 0 Å². The highest BCUT2D eigenvalue weighted by Crippen LogP contribution is 2.13. The first-order chi connectivity index (χ1) is 9.24. The number of carbonyl (C=O) groups is 1. The Kier molecular flexibility index (Phi) is 5.33. The van der Waals surface area contributed by atoms with Crippen LogP contribution >= 0.6 is 0 Å². The maximum absolute atomic E-state index is 13.0. The van der Waals surface area contributed by atoms with Gasteiger partial charge in [-0.3, -0.25) is 4.79 Å². The molecule has 1 saturated heterocycles. The van der Waals surface area contributed by atoms with Crippen LogP contribution in [0.1, 0.15) is 24.8 Å². The minimum absolute atomic E-state index is 0.0377. The molecule has 1 N–H and O–H groups in total. The van der Waals surface area contributed by atoms with E-state index in [1.54, 1.807) is 6.07 Å². The van der Waals surface area contributed by atoms with Crippen LogP contribution in [-0.4, -0.2) is 25.7 Å². The Morgan fingerprint density at radius 3 is 2.89 bits per heavy atom. The summed E-state index contributed by atoms with van der Waals surface area (Å²) in [5.41, 5.74) is 0.862. The number of aryl methyl sites for hydroxylation is 1. The van der Waals surface area contributed by atoms with E-state index in [4.69, 9.17) is 4.74 Å². The van der Waals surface area contributed by atoms with Gasteiger partial charge in [0.2, 0.25) is 5.91 Å². The van der Waals surface area contributed by atoms with E-state index in [-0.39, 0.29) is 11.7 Å². The van der Waals surface area contributed by atoms with Crippen molar-refractivity contribution in [3.05, 3.63) is 35.6 Å². The summed E-state index contributed by atoms with van der Waals surface area (Å²) in [5, 5.41) is 2.95. The van der Waals surface area contributed by atoms with Crippen LogP contribution in [0.4, 0.5) is 4.39 Å². The molecular weight excluding hydrogens is 245 g/mol. The van der Waals surface area contributed by atoms with Gasteiger partial charge in [-0.2, -0.15) is 0 Å². The molecule has 4 heteroatoms. The van der Waals surface area contributed by atoms with Crippen molar-refractivity contribution in [2.75, 3.05) is 19.8 Å². The Hall–Kier alpha value is -1.42. The largest absolute Gasteiger partial charge is 0.381 e. The Bertz CT molecular complexity index is 416. The third kappa shape index (κ3) is 4.99. The summed E-state index contributed by atoms with van der Waals surface area (Å²) < 4.78 is 18.2. The van der Waals surface area contributed by atoms with Gasteiger partial charge in [0.05, 0.1) is 0 Å². The highest BCUT2D eigenvalue weighted by atomic mass is 19.1. The first-order valence-electron chi connectivity index (χ1n) is 6.83. The standard InChI is InChI=1S/C15H20FNO2/c16-14-3-1-2-12(10-14)4-5-15(18)17-11-13-6-8-19-9-7-13/h1-3,10,13H,4-9,11H2,(H,17,18). The predicted molar refractivity (Wildman–Crippen MR) is 71.3 cm³/mol. The minimum Gasteiger partial charge on any atom is -0.381 e. The van der Waals surface area contributed by atoms with Gasteiger partial charge in [0.15, 0.2) is 0 Å². The highest BCUT2D eigenvalue weighted by molar-refractivity contribution is 5.76. The summed E-state index contributed by atoms with van der Waals surface area (Å²) in [6, 6.07) is 6.40. The smallest absolute Gasteiger partial charge is 0.220 e. The molecule has 0 aromatic heterocycles. The van der Waals surface area contributed by atoms with Crippen LogP contribution in [0.15, 0.2) is 24.3 Å². The second-order valence-corrected chi connectivity index (χ2v) is 4.99. The molecule has 1 aromatic rings. The molecule has 0 radical (unpaired) electrons. The lowest BCUT2D eigenvalue weighted by Gasteiger charge is -2.22. The van der Waals surface area contributed by atoms with Gasteiger partial charge in [0, 0.05) is 26.2 Å². The molecular formula is C15H20FNO2. The minimum atomic E-state index is -0.250. The lowest BCUT2D eigenvalue weighted by molar-refractivity contribution is -0.121. The second-order valence-electron chi connectivity index (χ2n) is 4.99. The molecule has 1 aliphatic heterocycles. The van der Waals surface area contributed by atoms with E-state index in [2.05, 4.69) is 5.32 Å². The zero-order valence-electron chi connectivity index (χ0n) is 11.0. The van der Waals surface area contributed by atoms with Crippen molar-refractivity contribution < 1.29 is 13.9 Å². The molecule has 0 unspecified atom stereocenters. The normalized spacial score (nSPS) is 16.3. The van der Waals surface area contributed by atoms with Gasteiger partial charge in [0.1, 0.15) is 5.82 Å². The molecule has 1 heterocycles. The van der Waals surface area contributed by atoms with Crippen LogP contribution in [0.5, 0.6) is 0 Å². The monoisotopic (exact) mass is 265 g/mol. The lowest BCUT2D eigenvalue weighted by Crippen LogP contribution is -2.32. The quantitative estimate of drug-likeness (QED) is 0.887. The highest BCUT2D eigenvalue weighted by Gasteiger charge is 2.14. The van der Waals surface area contributed by atoms with E-state index in [0.717, 1.165) is 38.2 Å². The molecule has 1 aliphatic rings. The fourth-order valence-corrected chi connectivity index (χ4v) is 2.25. The van der Waals surface area contributed by atoms with E-state index >= 15 is 0 Å². The Morgan fingerprint density at radius 1 is 1.37 bits per heavy atom. The van der Waals surface area contributed by atoms with Crippen molar-refractivity contribution in [1.82, 2.24) is 5.32 Å². The molecule has 1 fully saturated rings. The Balaban J connectivity index is 1.66. The molecule has 1 amide bonds. The fourth-order valence-electron chi connectivity index (χ4n) is 2.25. The number of nitrogens with one attached hydrogen (secondary N) is 1. The third-order valence-corrected chi connectivity index (χ3v) is 3.46. The molecule has 0 atom stereocenters. The number of ether oxygens (including phenoxy) is 1. The van der Waals surface area contributed by atoms with Crippen molar-refractivity contribution in [3.8, 4) is 0 Å². The summed E-state index contributed by atoms with van der Waals surface area (Å²) in [7, 11) is 0. The van der Waals surface area contributed by atoms with Crippen molar-refractivity contribution >= 4 is 5.91 Å². The average molecular weight is 265 g/mol. The molecule has 0 saturated carbocycles. The zero-order chi connectivity index (χ0) is 13.5. The summed E-state index contributed by atoms with van der Waals surface area (Å²) in [5.74, 6) is 0.322. The van der Waals surface area contributed by atoms with Crippen LogP contribution in [0.2, 0.25) is 0 Å². The van der Waals surface area contributed by atoms with Crippen LogP contribution in [-0.2, 0) is 16.0 Å². The molecule has 2 rings (SSSR count). The number of rotatable bonds is 5. The first kappa shape index (κ1) is 14.0. The molecule has 0 spiro atoms. The van der Waals surface area contributed by atoms with Gasteiger partial charge in [-0.05, 0) is 42.9 Å². The average Bonchev–Trinajstić information content (AvgIpc) is 2.44. The van der Waals surface area contributed by atoms with Crippen molar-refractivity contribution in [1.29, 1.82) is 0 Å². The van der Waals surface area contributed by atoms with Crippen molar-refractivity contribution in [3.63, 3.8) is 0 Å². The van der Waals surface area contributed by atoms with Gasteiger partial charge < -0.3 is 10.1 Å². The van der Waals surface area contributed by atoms with Crippen LogP contribution in [0, 0.1) is 11.7 Å². The molecule has 104 valence electrons. The van der Waals surface area contributed by atoms with Crippen molar-refractivity contribution in [2.45, 2.75) is 25.7 Å². The summed E-state index contributed by atoms with van der Waals surface area (Å²) in [6.45, 7) is 2.32. The van der Waals surface area contributed by atoms with Crippen LogP contribution in [0.25, 0.3) is 0 Å². The number of hydrogen-bond donors (Lipinski definition) is 1. The van der Waals surface area contributed by atoms with E-state index in [1.807, 2.05) is 6.07 Å². The van der Waals surface area contributed by atoms with E-state index in [1.165, 1.54) is 12.1 Å². The SMILES string of the molecule is O=C(CCc1cccc(F)c1)NCC1CCOCC1. The van der Waals surface area contributed by atoms with E-state index < -0.39 is 0 Å². The third-order valence-electron chi connectivity index (χ3n) is 3.46. The van der Waals surface area contributed by atoms with Crippen molar-refractivity contribution in [2.24, 2.45) is 5.92 Å². The summed E-state index contributed by atoms with van der Waals surface area (Å²) in [4.78, 5) is 11.7. The second kappa shape index (κ2) is 7.24. The van der Waals surface area contributed by atoms with Crippen LogP contribution < -0.4 is 5.32 Å². The first-order valence-corrected chi connectivity index (χ1v) is 6.83. The molecule has 0 aliphatic carbocycles. The number of carbonyl (C=O) groups excluding carboxylic acids is 1. The Morgan fingerprint density at radius 2 is 2.16 bits per heavy atom. The van der Waals surface area contributed by atoms with Gasteiger partial charge >= 0.3 is 0 Å². The molecule has 1 aromatic carbocycles. The number of benzene rings is 1. The topological polar surface area (TPSA) is 38.3 Å². The maximum atomic E-state index is 13.0. The van der Waals surface area contributed by atoms with Gasteiger partial charge in [-0.15, -0.1) is 0 Å². The number of amides is 1. The summed E-state index contributed by atoms with van der Waals surface area (Å²) >= 11 is 0. The number of hydrogen-bond acceptors (Lipinski definition) is 2.